The van der Waals surface area contributed by atoms with Crippen molar-refractivity contribution in [3.63, 3.8) is 0 Å². The zero-order valence-electron chi connectivity index (χ0n) is 14.3. The highest BCUT2D eigenvalue weighted by Gasteiger charge is 2.44. The highest BCUT2D eigenvalue weighted by molar-refractivity contribution is 6.77. The van der Waals surface area contributed by atoms with Gasteiger partial charge in [-0.05, 0) is 34.3 Å². The van der Waals surface area contributed by atoms with E-state index in [4.69, 9.17) is 9.53 Å². The van der Waals surface area contributed by atoms with E-state index in [1.165, 1.54) is 12.1 Å². The Morgan fingerprint density at radius 3 is 2.00 bits per heavy atom. The maximum atomic E-state index is 13.8. The number of aromatic carboxylic acids is 1. The minimum atomic E-state index is -2.00. The topological polar surface area (TPSA) is 46.5 Å². The lowest BCUT2D eigenvalue weighted by Crippen LogP contribution is -2.47. The molecule has 0 fully saturated rings. The highest BCUT2D eigenvalue weighted by atomic mass is 28.4. The van der Waals surface area contributed by atoms with Gasteiger partial charge in [0.2, 0.25) is 8.32 Å². The van der Waals surface area contributed by atoms with Crippen molar-refractivity contribution < 1.29 is 18.7 Å². The molecule has 0 bridgehead atoms. The van der Waals surface area contributed by atoms with Crippen LogP contribution in [0, 0.1) is 5.82 Å². The second-order valence-corrected chi connectivity index (χ2v) is 12.2. The van der Waals surface area contributed by atoms with Crippen LogP contribution in [0.2, 0.25) is 16.6 Å². The molecule has 124 valence electrons. The monoisotopic (exact) mass is 326 g/mol. The number of hydrogen-bond donors (Lipinski definition) is 1. The fourth-order valence-corrected chi connectivity index (χ4v) is 8.95. The summed E-state index contributed by atoms with van der Waals surface area (Å²) in [4.78, 5) is 10.9. The second kappa shape index (κ2) is 7.37. The van der Waals surface area contributed by atoms with Gasteiger partial charge >= 0.3 is 5.97 Å². The van der Waals surface area contributed by atoms with Crippen LogP contribution < -0.4 is 0 Å². The highest BCUT2D eigenvalue weighted by Crippen LogP contribution is 2.42. The van der Waals surface area contributed by atoms with E-state index in [1.807, 2.05) is 0 Å². The van der Waals surface area contributed by atoms with Gasteiger partial charge in [0.1, 0.15) is 5.82 Å². The van der Waals surface area contributed by atoms with Crippen molar-refractivity contribution in [1.82, 2.24) is 0 Å². The summed E-state index contributed by atoms with van der Waals surface area (Å²) in [5, 5.41) is 8.87. The van der Waals surface area contributed by atoms with Gasteiger partial charge in [-0.25, -0.2) is 9.18 Å². The number of hydrogen-bond acceptors (Lipinski definition) is 2. The van der Waals surface area contributed by atoms with Gasteiger partial charge in [0.05, 0.1) is 12.2 Å². The molecule has 1 aromatic carbocycles. The first kappa shape index (κ1) is 18.8. The molecule has 0 saturated carbocycles. The van der Waals surface area contributed by atoms with Crippen LogP contribution >= 0.6 is 0 Å². The lowest BCUT2D eigenvalue weighted by Gasteiger charge is -2.42. The molecule has 0 radical (unpaired) electrons. The maximum absolute atomic E-state index is 13.8. The third-order valence-electron chi connectivity index (χ3n) is 4.46. The van der Waals surface area contributed by atoms with Gasteiger partial charge in [0.25, 0.3) is 0 Å². The van der Waals surface area contributed by atoms with Crippen LogP contribution in [0.15, 0.2) is 18.2 Å². The third kappa shape index (κ3) is 3.76. The summed E-state index contributed by atoms with van der Waals surface area (Å²) in [6, 6.07) is 4.20. The normalized spacial score (nSPS) is 12.5. The van der Waals surface area contributed by atoms with Crippen LogP contribution in [0.4, 0.5) is 4.39 Å². The van der Waals surface area contributed by atoms with Gasteiger partial charge in [-0.1, -0.05) is 47.6 Å². The molecule has 0 amide bonds. The van der Waals surface area contributed by atoms with E-state index in [9.17, 15) is 9.18 Å². The van der Waals surface area contributed by atoms with Gasteiger partial charge in [-0.15, -0.1) is 0 Å². The summed E-state index contributed by atoms with van der Waals surface area (Å²) in [5.41, 5.74) is 1.74. The number of carboxylic acids is 1. The maximum Gasteiger partial charge on any atom is 0.338 e. The van der Waals surface area contributed by atoms with Gasteiger partial charge in [0, 0.05) is 0 Å². The molecule has 0 unspecified atom stereocenters. The molecule has 0 aromatic heterocycles. The van der Waals surface area contributed by atoms with E-state index >= 15 is 0 Å². The predicted molar refractivity (Wildman–Crippen MR) is 89.2 cm³/mol. The lowest BCUT2D eigenvalue weighted by atomic mass is 10.1. The zero-order valence-corrected chi connectivity index (χ0v) is 15.3. The SMILES string of the molecule is CC(C)[Si](OCc1ccc(C(=O)O)c(F)c1)(C(C)C)C(C)C. The molecule has 0 heterocycles. The minimum Gasteiger partial charge on any atom is -0.478 e. The van der Waals surface area contributed by atoms with E-state index in [-0.39, 0.29) is 5.56 Å². The van der Waals surface area contributed by atoms with Crippen molar-refractivity contribution in [1.29, 1.82) is 0 Å². The molecular weight excluding hydrogens is 299 g/mol. The predicted octanol–water partition coefficient (Wildman–Crippen LogP) is 5.22. The van der Waals surface area contributed by atoms with Gasteiger partial charge in [-0.2, -0.15) is 0 Å². The van der Waals surface area contributed by atoms with Crippen LogP contribution in [0.25, 0.3) is 0 Å². The van der Waals surface area contributed by atoms with Crippen LogP contribution in [0.5, 0.6) is 0 Å². The molecule has 22 heavy (non-hydrogen) atoms. The Hall–Kier alpha value is -1.20. The average Bonchev–Trinajstić information content (AvgIpc) is 2.37. The quantitative estimate of drug-likeness (QED) is 0.699. The van der Waals surface area contributed by atoms with Crippen molar-refractivity contribution in [2.75, 3.05) is 0 Å². The number of rotatable bonds is 7. The Morgan fingerprint density at radius 2 is 1.64 bits per heavy atom. The zero-order chi connectivity index (χ0) is 17.1. The van der Waals surface area contributed by atoms with E-state index in [0.717, 1.165) is 0 Å². The fourth-order valence-electron chi connectivity index (χ4n) is 3.53. The molecule has 0 saturated heterocycles. The standard InChI is InChI=1S/C17H27FO3Si/c1-11(2)22(12(3)4,13(5)6)21-10-14-7-8-15(17(19)20)16(18)9-14/h7-9,11-13H,10H2,1-6H3,(H,19,20). The second-order valence-electron chi connectivity index (χ2n) is 6.73. The summed E-state index contributed by atoms with van der Waals surface area (Å²) >= 11 is 0. The molecule has 5 heteroatoms. The molecule has 0 spiro atoms. The Labute approximate surface area is 133 Å². The molecule has 1 aromatic rings. The molecule has 0 aliphatic heterocycles. The Morgan fingerprint density at radius 1 is 1.14 bits per heavy atom. The van der Waals surface area contributed by atoms with Crippen LogP contribution in [0.3, 0.4) is 0 Å². The Balaban J connectivity index is 2.99. The first-order chi connectivity index (χ1) is 10.1. The molecule has 3 nitrogen and oxygen atoms in total. The summed E-state index contributed by atoms with van der Waals surface area (Å²) in [5.74, 6) is -1.96. The number of carboxylic acid groups (broad SMARTS) is 1. The molecule has 0 aliphatic carbocycles. The number of benzene rings is 1. The number of halogens is 1. The first-order valence-electron chi connectivity index (χ1n) is 7.78. The van der Waals surface area contributed by atoms with Crippen LogP contribution in [-0.4, -0.2) is 19.4 Å². The summed E-state index contributed by atoms with van der Waals surface area (Å²) in [6.45, 7) is 13.5. The minimum absolute atomic E-state index is 0.302. The first-order valence-corrected chi connectivity index (χ1v) is 9.92. The van der Waals surface area contributed by atoms with Crippen molar-refractivity contribution in [3.8, 4) is 0 Å². The van der Waals surface area contributed by atoms with E-state index < -0.39 is 20.1 Å². The summed E-state index contributed by atoms with van der Waals surface area (Å²) < 4.78 is 20.2. The number of carbonyl (C=O) groups is 1. The average molecular weight is 326 g/mol. The van der Waals surface area contributed by atoms with E-state index in [1.54, 1.807) is 6.07 Å². The van der Waals surface area contributed by atoms with Crippen molar-refractivity contribution in [2.45, 2.75) is 64.8 Å². The smallest absolute Gasteiger partial charge is 0.338 e. The van der Waals surface area contributed by atoms with E-state index in [2.05, 4.69) is 41.5 Å². The third-order valence-corrected chi connectivity index (χ3v) is 10.5. The molecule has 0 atom stereocenters. The van der Waals surface area contributed by atoms with Crippen LogP contribution in [-0.2, 0) is 11.0 Å². The Bertz CT molecular complexity index is 505. The summed E-state index contributed by atoms with van der Waals surface area (Å²) in [7, 11) is -2.00. The van der Waals surface area contributed by atoms with Gasteiger partial charge < -0.3 is 9.53 Å². The van der Waals surface area contributed by atoms with Gasteiger partial charge in [0.15, 0.2) is 0 Å². The molecular formula is C17H27FO3Si. The van der Waals surface area contributed by atoms with Crippen molar-refractivity contribution >= 4 is 14.3 Å². The lowest BCUT2D eigenvalue weighted by molar-refractivity contribution is 0.0692. The van der Waals surface area contributed by atoms with E-state index in [0.29, 0.717) is 28.8 Å². The molecule has 0 aliphatic rings. The fraction of sp³-hybridized carbons (Fsp3) is 0.588. The van der Waals surface area contributed by atoms with Crippen molar-refractivity contribution in [3.05, 3.63) is 35.1 Å². The molecule has 1 rings (SSSR count). The largest absolute Gasteiger partial charge is 0.478 e. The van der Waals surface area contributed by atoms with Gasteiger partial charge in [-0.3, -0.25) is 0 Å². The summed E-state index contributed by atoms with van der Waals surface area (Å²) in [6.07, 6.45) is 0. The van der Waals surface area contributed by atoms with Crippen LogP contribution in [0.1, 0.15) is 57.5 Å². The molecule has 1 N–H and O–H groups in total. The Kier molecular flexibility index (Phi) is 6.32. The van der Waals surface area contributed by atoms with Crippen molar-refractivity contribution in [2.24, 2.45) is 0 Å².